The molecule has 0 atom stereocenters. The Bertz CT molecular complexity index is 688. The maximum Gasteiger partial charge on any atom is 0.139 e. The Morgan fingerprint density at radius 2 is 2.11 bits per heavy atom. The first-order valence-electron chi connectivity index (χ1n) is 5.60. The largest absolute Gasteiger partial charge is 0.506 e. The Balaban J connectivity index is 2.16. The number of phenols is 1. The van der Waals surface area contributed by atoms with Crippen LogP contribution in [0.1, 0.15) is 5.69 Å². The number of hydrogen-bond donors (Lipinski definition) is 3. The lowest BCUT2D eigenvalue weighted by Gasteiger charge is -2.00. The molecule has 0 aliphatic carbocycles. The number of nitrogens with one attached hydrogen (secondary N) is 1. The Morgan fingerprint density at radius 3 is 2.83 bits per heavy atom. The molecule has 0 fully saturated rings. The number of fused-ring (bicyclic) bond motifs is 1. The second-order valence-corrected chi connectivity index (χ2v) is 4.00. The molecule has 0 radical (unpaired) electrons. The average Bonchev–Trinajstić information content (AvgIpc) is 2.84. The molecule has 5 nitrogen and oxygen atoms in total. The smallest absolute Gasteiger partial charge is 0.139 e. The van der Waals surface area contributed by atoms with Crippen molar-refractivity contribution in [3.05, 3.63) is 42.5 Å². The predicted molar refractivity (Wildman–Crippen MR) is 68.9 cm³/mol. The molecule has 3 aromatic rings. The van der Waals surface area contributed by atoms with E-state index in [0.717, 1.165) is 22.3 Å². The highest BCUT2D eigenvalue weighted by Crippen LogP contribution is 2.31. The van der Waals surface area contributed by atoms with Crippen LogP contribution >= 0.6 is 0 Å². The van der Waals surface area contributed by atoms with Gasteiger partial charge in [-0.1, -0.05) is 12.1 Å². The van der Waals surface area contributed by atoms with Gasteiger partial charge in [0.25, 0.3) is 0 Å². The first kappa shape index (κ1) is 10.7. The quantitative estimate of drug-likeness (QED) is 0.637. The van der Waals surface area contributed by atoms with Crippen LogP contribution in [-0.2, 0) is 6.54 Å². The molecular formula is C13H12N4O. The summed E-state index contributed by atoms with van der Waals surface area (Å²) in [4.78, 5) is 11.6. The van der Waals surface area contributed by atoms with E-state index in [-0.39, 0.29) is 5.75 Å². The van der Waals surface area contributed by atoms with Crippen LogP contribution in [0.25, 0.3) is 22.2 Å². The second kappa shape index (κ2) is 4.12. The monoisotopic (exact) mass is 240 g/mol. The van der Waals surface area contributed by atoms with Crippen molar-refractivity contribution < 1.29 is 5.11 Å². The van der Waals surface area contributed by atoms with Gasteiger partial charge in [0.2, 0.25) is 0 Å². The second-order valence-electron chi connectivity index (χ2n) is 4.00. The summed E-state index contributed by atoms with van der Waals surface area (Å²) < 4.78 is 0. The van der Waals surface area contributed by atoms with Crippen molar-refractivity contribution in [2.24, 2.45) is 5.73 Å². The molecule has 4 N–H and O–H groups in total. The molecule has 0 aliphatic rings. The zero-order chi connectivity index (χ0) is 12.5. The highest BCUT2D eigenvalue weighted by atomic mass is 16.3. The van der Waals surface area contributed by atoms with Gasteiger partial charge in [-0.05, 0) is 6.07 Å². The van der Waals surface area contributed by atoms with Gasteiger partial charge in [0, 0.05) is 23.7 Å². The van der Waals surface area contributed by atoms with Gasteiger partial charge in [-0.15, -0.1) is 0 Å². The molecule has 1 aromatic carbocycles. The number of aromatic hydroxyl groups is 1. The number of rotatable bonds is 2. The molecule has 0 aliphatic heterocycles. The fraction of sp³-hybridized carbons (Fsp3) is 0.0769. The first-order chi connectivity index (χ1) is 8.79. The number of hydrogen-bond acceptors (Lipinski definition) is 4. The molecular weight excluding hydrogens is 228 g/mol. The number of nitrogens with two attached hydrogens (primary N) is 1. The summed E-state index contributed by atoms with van der Waals surface area (Å²) in [5, 5.41) is 10.7. The van der Waals surface area contributed by atoms with Gasteiger partial charge < -0.3 is 15.8 Å². The number of nitrogens with zero attached hydrogens (tertiary/aromatic N) is 2. The van der Waals surface area contributed by atoms with Crippen molar-refractivity contribution in [3.63, 3.8) is 0 Å². The molecule has 90 valence electrons. The van der Waals surface area contributed by atoms with Crippen molar-refractivity contribution in [1.82, 2.24) is 15.0 Å². The third-order valence-electron chi connectivity index (χ3n) is 2.88. The zero-order valence-corrected chi connectivity index (χ0v) is 9.59. The number of benzene rings is 1. The van der Waals surface area contributed by atoms with Gasteiger partial charge in [0.1, 0.15) is 5.75 Å². The summed E-state index contributed by atoms with van der Waals surface area (Å²) in [6, 6.07) is 5.38. The van der Waals surface area contributed by atoms with Crippen molar-refractivity contribution in [3.8, 4) is 17.0 Å². The summed E-state index contributed by atoms with van der Waals surface area (Å²) in [5.74, 6) is 0.227. The van der Waals surface area contributed by atoms with Crippen LogP contribution in [0.5, 0.6) is 5.75 Å². The lowest BCUT2D eigenvalue weighted by molar-refractivity contribution is 0.480. The Kier molecular flexibility index (Phi) is 2.46. The predicted octanol–water partition coefficient (Wildman–Crippen LogP) is 1.79. The molecule has 0 amide bonds. The average molecular weight is 240 g/mol. The third kappa shape index (κ3) is 1.61. The lowest BCUT2D eigenvalue weighted by Crippen LogP contribution is -2.00. The van der Waals surface area contributed by atoms with E-state index in [9.17, 15) is 5.11 Å². The van der Waals surface area contributed by atoms with E-state index in [1.54, 1.807) is 24.5 Å². The zero-order valence-electron chi connectivity index (χ0n) is 9.59. The fourth-order valence-electron chi connectivity index (χ4n) is 1.95. The van der Waals surface area contributed by atoms with Crippen LogP contribution < -0.4 is 5.73 Å². The summed E-state index contributed by atoms with van der Waals surface area (Å²) in [6.45, 7) is 0.377. The maximum absolute atomic E-state index is 9.73. The molecule has 18 heavy (non-hydrogen) atoms. The summed E-state index contributed by atoms with van der Waals surface area (Å²) >= 11 is 0. The van der Waals surface area contributed by atoms with Gasteiger partial charge in [-0.3, -0.25) is 9.97 Å². The van der Waals surface area contributed by atoms with E-state index in [2.05, 4.69) is 15.0 Å². The first-order valence-corrected chi connectivity index (χ1v) is 5.60. The minimum atomic E-state index is 0.227. The Hall–Kier alpha value is -2.40. The molecule has 2 heterocycles. The fourth-order valence-corrected chi connectivity index (χ4v) is 1.95. The minimum absolute atomic E-state index is 0.227. The summed E-state index contributed by atoms with van der Waals surface area (Å²) in [5.41, 5.74) is 8.61. The molecule has 2 aromatic heterocycles. The standard InChI is InChI=1S/C13H12N4O/c14-4-8-5-16-11(7-15-8)10-6-17-13-9(10)2-1-3-12(13)18/h1-3,5-7,17-18H,4,14H2. The van der Waals surface area contributed by atoms with Crippen molar-refractivity contribution in [2.45, 2.75) is 6.54 Å². The van der Waals surface area contributed by atoms with Gasteiger partial charge >= 0.3 is 0 Å². The highest BCUT2D eigenvalue weighted by molar-refractivity contribution is 5.97. The van der Waals surface area contributed by atoms with Gasteiger partial charge in [-0.25, -0.2) is 0 Å². The van der Waals surface area contributed by atoms with Crippen molar-refractivity contribution in [1.29, 1.82) is 0 Å². The van der Waals surface area contributed by atoms with Crippen molar-refractivity contribution in [2.75, 3.05) is 0 Å². The molecule has 0 bridgehead atoms. The SMILES string of the molecule is NCc1cnc(-c2c[nH]c3c(O)cccc23)cn1. The lowest BCUT2D eigenvalue weighted by atomic mass is 10.1. The number of aromatic amines is 1. The highest BCUT2D eigenvalue weighted by Gasteiger charge is 2.09. The summed E-state index contributed by atoms with van der Waals surface area (Å²) in [7, 11) is 0. The molecule has 5 heteroatoms. The van der Waals surface area contributed by atoms with E-state index in [4.69, 9.17) is 5.73 Å². The van der Waals surface area contributed by atoms with Crippen LogP contribution in [0.15, 0.2) is 36.8 Å². The van der Waals surface area contributed by atoms with Gasteiger partial charge in [0.15, 0.2) is 0 Å². The molecule has 0 unspecified atom stereocenters. The van der Waals surface area contributed by atoms with Crippen LogP contribution in [-0.4, -0.2) is 20.1 Å². The topological polar surface area (TPSA) is 87.8 Å². The number of aromatic nitrogens is 3. The van der Waals surface area contributed by atoms with E-state index < -0.39 is 0 Å². The van der Waals surface area contributed by atoms with Crippen LogP contribution in [0, 0.1) is 0 Å². The van der Waals surface area contributed by atoms with E-state index in [1.807, 2.05) is 12.3 Å². The maximum atomic E-state index is 9.73. The number of para-hydroxylation sites is 1. The Labute approximate surface area is 103 Å². The Morgan fingerprint density at radius 1 is 1.22 bits per heavy atom. The number of H-pyrrole nitrogens is 1. The van der Waals surface area contributed by atoms with E-state index in [0.29, 0.717) is 12.1 Å². The van der Waals surface area contributed by atoms with Gasteiger partial charge in [-0.2, -0.15) is 0 Å². The molecule has 3 rings (SSSR count). The molecule has 0 saturated heterocycles. The van der Waals surface area contributed by atoms with E-state index in [1.165, 1.54) is 0 Å². The normalized spacial score (nSPS) is 10.9. The number of phenolic OH excluding ortho intramolecular Hbond substituents is 1. The van der Waals surface area contributed by atoms with Gasteiger partial charge in [0.05, 0.1) is 29.3 Å². The van der Waals surface area contributed by atoms with Crippen LogP contribution in [0.3, 0.4) is 0 Å². The molecule has 0 spiro atoms. The van der Waals surface area contributed by atoms with Crippen LogP contribution in [0.2, 0.25) is 0 Å². The van der Waals surface area contributed by atoms with Crippen molar-refractivity contribution >= 4 is 10.9 Å². The third-order valence-corrected chi connectivity index (χ3v) is 2.88. The molecule has 0 saturated carbocycles. The summed E-state index contributed by atoms with van der Waals surface area (Å²) in [6.07, 6.45) is 5.17. The minimum Gasteiger partial charge on any atom is -0.506 e. The van der Waals surface area contributed by atoms with E-state index >= 15 is 0 Å². The van der Waals surface area contributed by atoms with Crippen LogP contribution in [0.4, 0.5) is 0 Å².